The van der Waals surface area contributed by atoms with Crippen molar-refractivity contribution >= 4 is 28.9 Å². The molecule has 1 N–H and O–H groups in total. The van der Waals surface area contributed by atoms with Crippen LogP contribution in [-0.2, 0) is 9.53 Å². The molecule has 0 aromatic heterocycles. The molecule has 0 unspecified atom stereocenters. The molecule has 30 heavy (non-hydrogen) atoms. The Kier molecular flexibility index (Phi) is 6.66. The number of rotatable bonds is 6. The SMILES string of the molecule is Cc1ccc(C)c(NC(=O)COC(=O)c2ccc(N3CCCCC3)c([N+](=O)[O-])c2)c1. The van der Waals surface area contributed by atoms with Gasteiger partial charge in [0.2, 0.25) is 0 Å². The number of ether oxygens (including phenoxy) is 1. The first-order valence-corrected chi connectivity index (χ1v) is 9.93. The molecular weight excluding hydrogens is 386 g/mol. The van der Waals surface area contributed by atoms with Crippen LogP contribution in [0.4, 0.5) is 17.1 Å². The van der Waals surface area contributed by atoms with Crippen LogP contribution < -0.4 is 10.2 Å². The van der Waals surface area contributed by atoms with Crippen LogP contribution in [0.25, 0.3) is 0 Å². The highest BCUT2D eigenvalue weighted by Gasteiger charge is 2.23. The highest BCUT2D eigenvalue weighted by Crippen LogP contribution is 2.31. The molecule has 0 spiro atoms. The molecule has 0 bridgehead atoms. The highest BCUT2D eigenvalue weighted by atomic mass is 16.6. The molecule has 2 aromatic carbocycles. The topological polar surface area (TPSA) is 102 Å². The van der Waals surface area contributed by atoms with E-state index in [2.05, 4.69) is 5.32 Å². The van der Waals surface area contributed by atoms with Crippen LogP contribution in [0.5, 0.6) is 0 Å². The van der Waals surface area contributed by atoms with Crippen LogP contribution in [0.15, 0.2) is 36.4 Å². The molecule has 8 heteroatoms. The van der Waals surface area contributed by atoms with Gasteiger partial charge in [0.1, 0.15) is 5.69 Å². The average molecular weight is 411 g/mol. The Bertz CT molecular complexity index is 967. The number of nitrogens with zero attached hydrogens (tertiary/aromatic N) is 2. The summed E-state index contributed by atoms with van der Waals surface area (Å²) < 4.78 is 5.07. The van der Waals surface area contributed by atoms with Crippen molar-refractivity contribution in [1.82, 2.24) is 0 Å². The van der Waals surface area contributed by atoms with E-state index in [0.717, 1.165) is 43.5 Å². The smallest absolute Gasteiger partial charge is 0.338 e. The van der Waals surface area contributed by atoms with Crippen molar-refractivity contribution < 1.29 is 19.2 Å². The molecule has 8 nitrogen and oxygen atoms in total. The van der Waals surface area contributed by atoms with Crippen molar-refractivity contribution in [2.45, 2.75) is 33.1 Å². The zero-order valence-corrected chi connectivity index (χ0v) is 17.1. The van der Waals surface area contributed by atoms with E-state index in [1.807, 2.05) is 36.9 Å². The van der Waals surface area contributed by atoms with Gasteiger partial charge in [0.25, 0.3) is 11.6 Å². The van der Waals surface area contributed by atoms with E-state index in [1.165, 1.54) is 12.1 Å². The Morgan fingerprint density at radius 1 is 1.10 bits per heavy atom. The summed E-state index contributed by atoms with van der Waals surface area (Å²) >= 11 is 0. The molecule has 0 atom stereocenters. The second-order valence-electron chi connectivity index (χ2n) is 7.45. The Morgan fingerprint density at radius 3 is 2.53 bits per heavy atom. The largest absolute Gasteiger partial charge is 0.452 e. The number of piperidine rings is 1. The van der Waals surface area contributed by atoms with Gasteiger partial charge in [-0.15, -0.1) is 0 Å². The van der Waals surface area contributed by atoms with Gasteiger partial charge < -0.3 is 15.0 Å². The minimum Gasteiger partial charge on any atom is -0.452 e. The van der Waals surface area contributed by atoms with Crippen molar-refractivity contribution in [1.29, 1.82) is 0 Å². The molecule has 2 aromatic rings. The normalized spacial score (nSPS) is 13.6. The maximum atomic E-state index is 12.3. The van der Waals surface area contributed by atoms with Crippen molar-refractivity contribution in [3.8, 4) is 0 Å². The van der Waals surface area contributed by atoms with Crippen LogP contribution in [0.3, 0.4) is 0 Å². The third kappa shape index (κ3) is 5.14. The number of esters is 1. The molecule has 0 saturated carbocycles. The predicted octanol–water partition coefficient (Wildman–Crippen LogP) is 4.00. The summed E-state index contributed by atoms with van der Waals surface area (Å²) in [5, 5.41) is 14.2. The fraction of sp³-hybridized carbons (Fsp3) is 0.364. The second kappa shape index (κ2) is 9.39. The van der Waals surface area contributed by atoms with E-state index in [0.29, 0.717) is 11.4 Å². The summed E-state index contributed by atoms with van der Waals surface area (Å²) in [6, 6.07) is 9.95. The van der Waals surface area contributed by atoms with Crippen LogP contribution in [0, 0.1) is 24.0 Å². The number of amides is 1. The molecule has 0 aliphatic carbocycles. The molecule has 1 saturated heterocycles. The quantitative estimate of drug-likeness (QED) is 0.438. The zero-order chi connectivity index (χ0) is 21.7. The fourth-order valence-electron chi connectivity index (χ4n) is 3.47. The van der Waals surface area contributed by atoms with Gasteiger partial charge in [-0.3, -0.25) is 14.9 Å². The lowest BCUT2D eigenvalue weighted by molar-refractivity contribution is -0.384. The summed E-state index contributed by atoms with van der Waals surface area (Å²) in [4.78, 5) is 37.5. The zero-order valence-electron chi connectivity index (χ0n) is 17.1. The molecule has 1 heterocycles. The van der Waals surface area contributed by atoms with Gasteiger partial charge in [-0.1, -0.05) is 12.1 Å². The van der Waals surface area contributed by atoms with Crippen LogP contribution >= 0.6 is 0 Å². The number of hydrogen-bond acceptors (Lipinski definition) is 6. The lowest BCUT2D eigenvalue weighted by Gasteiger charge is -2.28. The van der Waals surface area contributed by atoms with Crippen LogP contribution in [0.2, 0.25) is 0 Å². The first-order chi connectivity index (χ1) is 14.3. The van der Waals surface area contributed by atoms with Gasteiger partial charge in [-0.25, -0.2) is 4.79 Å². The van der Waals surface area contributed by atoms with Crippen LogP contribution in [-0.4, -0.2) is 36.5 Å². The highest BCUT2D eigenvalue weighted by molar-refractivity contribution is 5.96. The van der Waals surface area contributed by atoms with E-state index in [9.17, 15) is 19.7 Å². The molecule has 1 aliphatic rings. The molecule has 1 fully saturated rings. The third-order valence-electron chi connectivity index (χ3n) is 5.11. The number of benzene rings is 2. The first kappa shape index (κ1) is 21.3. The Labute approximate surface area is 175 Å². The van der Waals surface area contributed by atoms with Gasteiger partial charge in [0.05, 0.1) is 10.5 Å². The number of carbonyl (C=O) groups is 2. The number of nitro benzene ring substituents is 1. The standard InChI is InChI=1S/C22H25N3O5/c1-15-6-7-16(2)18(12-15)23-21(26)14-30-22(27)17-8-9-19(20(13-17)25(28)29)24-10-4-3-5-11-24/h6-9,12-13H,3-5,10-11,14H2,1-2H3,(H,23,26). The predicted molar refractivity (Wildman–Crippen MR) is 114 cm³/mol. The second-order valence-corrected chi connectivity index (χ2v) is 7.45. The molecular formula is C22H25N3O5. The Morgan fingerprint density at radius 2 is 1.83 bits per heavy atom. The number of carbonyl (C=O) groups excluding carboxylic acids is 2. The molecule has 1 aliphatic heterocycles. The van der Waals surface area contributed by atoms with Gasteiger partial charge in [-0.2, -0.15) is 0 Å². The molecule has 3 rings (SSSR count). The minimum atomic E-state index is -0.778. The maximum Gasteiger partial charge on any atom is 0.338 e. The van der Waals surface area contributed by atoms with Gasteiger partial charge in [0.15, 0.2) is 6.61 Å². The van der Waals surface area contributed by atoms with Crippen molar-refractivity contribution in [2.75, 3.05) is 29.9 Å². The third-order valence-corrected chi connectivity index (χ3v) is 5.11. The summed E-state index contributed by atoms with van der Waals surface area (Å²) in [5.74, 6) is -1.25. The lowest BCUT2D eigenvalue weighted by Crippen LogP contribution is -2.30. The van der Waals surface area contributed by atoms with E-state index in [-0.39, 0.29) is 11.3 Å². The Balaban J connectivity index is 1.66. The summed E-state index contributed by atoms with van der Waals surface area (Å²) in [6.07, 6.45) is 3.08. The molecule has 0 radical (unpaired) electrons. The molecule has 1 amide bonds. The van der Waals surface area contributed by atoms with Crippen molar-refractivity contribution in [2.24, 2.45) is 0 Å². The number of anilines is 2. The van der Waals surface area contributed by atoms with Crippen molar-refractivity contribution in [3.05, 3.63) is 63.2 Å². The minimum absolute atomic E-state index is 0.0435. The van der Waals surface area contributed by atoms with E-state index in [4.69, 9.17) is 4.74 Å². The van der Waals surface area contributed by atoms with Gasteiger partial charge in [0, 0.05) is 24.8 Å². The lowest BCUT2D eigenvalue weighted by atomic mass is 10.1. The summed E-state index contributed by atoms with van der Waals surface area (Å²) in [7, 11) is 0. The summed E-state index contributed by atoms with van der Waals surface area (Å²) in [5.41, 5.74) is 2.95. The van der Waals surface area contributed by atoms with Gasteiger partial charge >= 0.3 is 5.97 Å². The van der Waals surface area contributed by atoms with E-state index in [1.54, 1.807) is 6.07 Å². The monoisotopic (exact) mass is 411 g/mol. The van der Waals surface area contributed by atoms with E-state index < -0.39 is 23.4 Å². The first-order valence-electron chi connectivity index (χ1n) is 9.93. The number of nitrogens with one attached hydrogen (secondary N) is 1. The van der Waals surface area contributed by atoms with Crippen molar-refractivity contribution in [3.63, 3.8) is 0 Å². The van der Waals surface area contributed by atoms with Crippen LogP contribution in [0.1, 0.15) is 40.7 Å². The number of hydrogen-bond donors (Lipinski definition) is 1. The maximum absolute atomic E-state index is 12.3. The number of nitro groups is 1. The fourth-order valence-corrected chi connectivity index (χ4v) is 3.47. The average Bonchev–Trinajstić information content (AvgIpc) is 2.74. The summed E-state index contributed by atoms with van der Waals surface area (Å²) in [6.45, 7) is 4.81. The van der Waals surface area contributed by atoms with E-state index >= 15 is 0 Å². The Hall–Kier alpha value is -3.42. The van der Waals surface area contributed by atoms with Gasteiger partial charge in [-0.05, 0) is 62.4 Å². The molecule has 158 valence electrons. The number of aryl methyl sites for hydroxylation is 2.